The lowest BCUT2D eigenvalue weighted by Gasteiger charge is -2.20. The first-order valence-electron chi connectivity index (χ1n) is 4.52. The molecule has 0 saturated heterocycles. The molecular formula is C11H14S. The Hall–Kier alpha value is -0.430. The number of thiol groups is 1. The molecule has 1 aromatic carbocycles. The van der Waals surface area contributed by atoms with Gasteiger partial charge in [-0.15, -0.1) is 0 Å². The second-order valence-electron chi connectivity index (χ2n) is 3.67. The van der Waals surface area contributed by atoms with Gasteiger partial charge in [0.1, 0.15) is 0 Å². The summed E-state index contributed by atoms with van der Waals surface area (Å²) in [7, 11) is 0. The van der Waals surface area contributed by atoms with Crippen molar-refractivity contribution in [3.8, 4) is 0 Å². The summed E-state index contributed by atoms with van der Waals surface area (Å²) in [5.74, 6) is 0. The molecule has 0 nitrogen and oxygen atoms in total. The highest BCUT2D eigenvalue weighted by Gasteiger charge is 2.14. The minimum Gasteiger partial charge on any atom is -0.176 e. The monoisotopic (exact) mass is 178 g/mol. The van der Waals surface area contributed by atoms with Gasteiger partial charge in [0.15, 0.2) is 0 Å². The van der Waals surface area contributed by atoms with Gasteiger partial charge in [-0.1, -0.05) is 23.8 Å². The molecule has 0 N–H and O–H groups in total. The fourth-order valence-corrected chi connectivity index (χ4v) is 2.19. The van der Waals surface area contributed by atoms with E-state index in [0.717, 1.165) is 6.42 Å². The van der Waals surface area contributed by atoms with Gasteiger partial charge in [-0.3, -0.25) is 0 Å². The van der Waals surface area contributed by atoms with Crippen molar-refractivity contribution in [1.29, 1.82) is 0 Å². The number of benzene rings is 1. The normalized spacial score (nSPS) is 22.0. The highest BCUT2D eigenvalue weighted by Crippen LogP contribution is 2.24. The van der Waals surface area contributed by atoms with Crippen molar-refractivity contribution in [2.24, 2.45) is 0 Å². The first-order valence-corrected chi connectivity index (χ1v) is 5.04. The van der Waals surface area contributed by atoms with Crippen LogP contribution in [0.1, 0.15) is 23.1 Å². The third kappa shape index (κ3) is 1.51. The van der Waals surface area contributed by atoms with E-state index in [1.165, 1.54) is 29.5 Å². The first-order chi connectivity index (χ1) is 5.75. The Morgan fingerprint density at radius 3 is 3.00 bits per heavy atom. The fourth-order valence-electron chi connectivity index (χ4n) is 1.87. The summed E-state index contributed by atoms with van der Waals surface area (Å²) in [5.41, 5.74) is 4.42. The highest BCUT2D eigenvalue weighted by atomic mass is 32.1. The van der Waals surface area contributed by atoms with E-state index in [0.29, 0.717) is 5.25 Å². The molecule has 0 bridgehead atoms. The van der Waals surface area contributed by atoms with E-state index in [1.807, 2.05) is 0 Å². The van der Waals surface area contributed by atoms with Gasteiger partial charge in [0.05, 0.1) is 0 Å². The Morgan fingerprint density at radius 1 is 1.33 bits per heavy atom. The standard InChI is InChI=1S/C11H14S/c1-8-2-3-9-4-5-11(12)7-10(9)6-8/h2-3,6,11-12H,4-5,7H2,1H3. The number of aryl methyl sites for hydroxylation is 2. The molecule has 0 spiro atoms. The van der Waals surface area contributed by atoms with Crippen molar-refractivity contribution in [2.75, 3.05) is 0 Å². The molecule has 1 aliphatic carbocycles. The molecule has 0 aliphatic heterocycles. The maximum Gasteiger partial charge on any atom is 0.00604 e. The van der Waals surface area contributed by atoms with Crippen LogP contribution in [-0.2, 0) is 12.8 Å². The van der Waals surface area contributed by atoms with Crippen LogP contribution in [-0.4, -0.2) is 5.25 Å². The number of hydrogen-bond donors (Lipinski definition) is 1. The van der Waals surface area contributed by atoms with Crippen LogP contribution in [0, 0.1) is 6.92 Å². The summed E-state index contributed by atoms with van der Waals surface area (Å²) in [6, 6.07) is 6.78. The molecule has 1 aliphatic rings. The van der Waals surface area contributed by atoms with Crippen LogP contribution in [0.25, 0.3) is 0 Å². The first kappa shape index (κ1) is 8.18. The highest BCUT2D eigenvalue weighted by molar-refractivity contribution is 7.80. The Labute approximate surface area is 79.4 Å². The maximum absolute atomic E-state index is 4.52. The molecule has 1 unspecified atom stereocenters. The molecule has 1 aromatic rings. The van der Waals surface area contributed by atoms with E-state index in [4.69, 9.17) is 0 Å². The van der Waals surface area contributed by atoms with Crippen LogP contribution in [0.5, 0.6) is 0 Å². The SMILES string of the molecule is Cc1ccc2c(c1)CC(S)CC2. The molecule has 12 heavy (non-hydrogen) atoms. The molecule has 0 radical (unpaired) electrons. The molecule has 0 aromatic heterocycles. The third-order valence-electron chi connectivity index (χ3n) is 2.56. The van der Waals surface area contributed by atoms with Gasteiger partial charge in [-0.05, 0) is 37.3 Å². The molecule has 1 heteroatoms. The molecule has 0 amide bonds. The lowest BCUT2D eigenvalue weighted by atomic mass is 9.90. The van der Waals surface area contributed by atoms with E-state index >= 15 is 0 Å². The topological polar surface area (TPSA) is 0 Å². The van der Waals surface area contributed by atoms with Gasteiger partial charge >= 0.3 is 0 Å². The zero-order valence-corrected chi connectivity index (χ0v) is 8.27. The minimum atomic E-state index is 0.583. The largest absolute Gasteiger partial charge is 0.176 e. The van der Waals surface area contributed by atoms with Gasteiger partial charge in [0, 0.05) is 5.25 Å². The van der Waals surface area contributed by atoms with Crippen LogP contribution < -0.4 is 0 Å². The smallest absolute Gasteiger partial charge is 0.00604 e. The zero-order chi connectivity index (χ0) is 8.55. The zero-order valence-electron chi connectivity index (χ0n) is 7.38. The Morgan fingerprint density at radius 2 is 2.17 bits per heavy atom. The summed E-state index contributed by atoms with van der Waals surface area (Å²) >= 11 is 4.52. The number of hydrogen-bond acceptors (Lipinski definition) is 1. The second-order valence-corrected chi connectivity index (χ2v) is 4.40. The number of fused-ring (bicyclic) bond motifs is 1. The molecule has 1 atom stereocenters. The van der Waals surface area contributed by atoms with Crippen molar-refractivity contribution in [3.05, 3.63) is 34.9 Å². The molecular weight excluding hydrogens is 164 g/mol. The quantitative estimate of drug-likeness (QED) is 0.580. The lowest BCUT2D eigenvalue weighted by Crippen LogP contribution is -2.13. The lowest BCUT2D eigenvalue weighted by molar-refractivity contribution is 0.705. The summed E-state index contributed by atoms with van der Waals surface area (Å²) in [6.07, 6.45) is 3.60. The Balaban J connectivity index is 2.37. The van der Waals surface area contributed by atoms with E-state index < -0.39 is 0 Å². The van der Waals surface area contributed by atoms with Crippen LogP contribution in [0.4, 0.5) is 0 Å². The summed E-state index contributed by atoms with van der Waals surface area (Å²) in [6.45, 7) is 2.16. The second kappa shape index (κ2) is 3.14. The average Bonchev–Trinajstić information content (AvgIpc) is 2.03. The molecule has 0 fully saturated rings. The van der Waals surface area contributed by atoms with Gasteiger partial charge in [0.2, 0.25) is 0 Å². The van der Waals surface area contributed by atoms with Crippen LogP contribution in [0.15, 0.2) is 18.2 Å². The summed E-state index contributed by atoms with van der Waals surface area (Å²) in [4.78, 5) is 0. The van der Waals surface area contributed by atoms with Crippen molar-refractivity contribution in [2.45, 2.75) is 31.4 Å². The molecule has 0 heterocycles. The van der Waals surface area contributed by atoms with Crippen LogP contribution in [0.3, 0.4) is 0 Å². The average molecular weight is 178 g/mol. The van der Waals surface area contributed by atoms with Gasteiger partial charge in [-0.25, -0.2) is 0 Å². The van der Waals surface area contributed by atoms with E-state index in [-0.39, 0.29) is 0 Å². The Bertz CT molecular complexity index is 291. The van der Waals surface area contributed by atoms with Crippen molar-refractivity contribution in [3.63, 3.8) is 0 Å². The fraction of sp³-hybridized carbons (Fsp3) is 0.455. The minimum absolute atomic E-state index is 0.583. The third-order valence-corrected chi connectivity index (χ3v) is 3.00. The molecule has 0 saturated carbocycles. The van der Waals surface area contributed by atoms with E-state index in [1.54, 1.807) is 0 Å². The van der Waals surface area contributed by atoms with Gasteiger partial charge in [0.25, 0.3) is 0 Å². The van der Waals surface area contributed by atoms with Crippen molar-refractivity contribution >= 4 is 12.6 Å². The number of rotatable bonds is 0. The van der Waals surface area contributed by atoms with E-state index in [2.05, 4.69) is 37.8 Å². The van der Waals surface area contributed by atoms with Crippen molar-refractivity contribution in [1.82, 2.24) is 0 Å². The predicted octanol–water partition coefficient (Wildman–Crippen LogP) is 2.78. The van der Waals surface area contributed by atoms with Crippen LogP contribution in [0.2, 0.25) is 0 Å². The molecule has 64 valence electrons. The summed E-state index contributed by atoms with van der Waals surface area (Å²) < 4.78 is 0. The predicted molar refractivity (Wildman–Crippen MR) is 56.0 cm³/mol. The Kier molecular flexibility index (Phi) is 2.14. The molecule has 2 rings (SSSR count). The summed E-state index contributed by atoms with van der Waals surface area (Å²) in [5, 5.41) is 0.583. The van der Waals surface area contributed by atoms with Gasteiger partial charge in [-0.2, -0.15) is 12.6 Å². The van der Waals surface area contributed by atoms with E-state index in [9.17, 15) is 0 Å². The van der Waals surface area contributed by atoms with Gasteiger partial charge < -0.3 is 0 Å². The maximum atomic E-state index is 4.52. The van der Waals surface area contributed by atoms with Crippen molar-refractivity contribution < 1.29 is 0 Å². The van der Waals surface area contributed by atoms with Crippen LogP contribution >= 0.6 is 12.6 Å².